The van der Waals surface area contributed by atoms with Crippen LogP contribution in [0.25, 0.3) is 0 Å². The van der Waals surface area contributed by atoms with Crippen LogP contribution in [0.5, 0.6) is 5.75 Å². The Morgan fingerprint density at radius 3 is 2.23 bits per heavy atom. The Hall–Kier alpha value is -1.32. The minimum Gasteiger partial charge on any atom is -0.497 e. The number of ether oxygens (including phenoxy) is 1. The van der Waals surface area contributed by atoms with Crippen molar-refractivity contribution < 1.29 is 13.5 Å². The second-order valence-corrected chi connectivity index (χ2v) is 6.82. The number of hydrogen-bond acceptors (Lipinski definition) is 1. The summed E-state index contributed by atoms with van der Waals surface area (Å²) >= 11 is 12.8. The molecule has 0 aromatic heterocycles. The molecule has 0 radical (unpaired) electrons. The first-order valence-corrected chi connectivity index (χ1v) is 7.60. The molecule has 0 saturated heterocycles. The minimum atomic E-state index is -2.50. The van der Waals surface area contributed by atoms with E-state index < -0.39 is 10.8 Å². The Morgan fingerprint density at radius 2 is 1.64 bits per heavy atom. The van der Waals surface area contributed by atoms with Gasteiger partial charge in [0.25, 0.3) is 6.43 Å². The van der Waals surface area contributed by atoms with E-state index in [1.807, 2.05) is 24.3 Å². The van der Waals surface area contributed by atoms with E-state index in [1.54, 1.807) is 19.2 Å². The summed E-state index contributed by atoms with van der Waals surface area (Å²) < 4.78 is 29.8. The molecule has 0 aliphatic heterocycles. The van der Waals surface area contributed by atoms with Gasteiger partial charge in [-0.3, -0.25) is 0 Å². The molecule has 0 heterocycles. The summed E-state index contributed by atoms with van der Waals surface area (Å²) in [6.45, 7) is 0. The highest BCUT2D eigenvalue weighted by Crippen LogP contribution is 2.70. The molecule has 116 valence electrons. The molecule has 5 heteroatoms. The van der Waals surface area contributed by atoms with Gasteiger partial charge in [0.05, 0.1) is 7.11 Å². The fourth-order valence-electron chi connectivity index (χ4n) is 2.86. The second kappa shape index (κ2) is 5.71. The van der Waals surface area contributed by atoms with Crippen molar-refractivity contribution >= 4 is 23.2 Å². The average Bonchev–Trinajstić information content (AvgIpc) is 3.10. The van der Waals surface area contributed by atoms with E-state index in [2.05, 4.69) is 0 Å². The van der Waals surface area contributed by atoms with Gasteiger partial charge in [-0.1, -0.05) is 30.3 Å². The fourth-order valence-corrected chi connectivity index (χ4v) is 3.74. The molecule has 1 nitrogen and oxygen atoms in total. The summed E-state index contributed by atoms with van der Waals surface area (Å²) in [5.41, 5.74) is 1.70. The first kappa shape index (κ1) is 15.6. The van der Waals surface area contributed by atoms with Gasteiger partial charge >= 0.3 is 0 Å². The van der Waals surface area contributed by atoms with Crippen LogP contribution in [0.2, 0.25) is 0 Å². The Bertz CT molecular complexity index is 671. The first-order chi connectivity index (χ1) is 10.4. The molecule has 1 aliphatic rings. The van der Waals surface area contributed by atoms with Crippen molar-refractivity contribution in [2.45, 2.75) is 22.6 Å². The van der Waals surface area contributed by atoms with Crippen LogP contribution in [-0.4, -0.2) is 11.4 Å². The monoisotopic (exact) mass is 342 g/mol. The van der Waals surface area contributed by atoms with Crippen LogP contribution in [0.1, 0.15) is 35.0 Å². The van der Waals surface area contributed by atoms with Crippen molar-refractivity contribution in [2.75, 3.05) is 7.11 Å². The summed E-state index contributed by atoms with van der Waals surface area (Å²) in [6, 6.07) is 13.8. The molecule has 22 heavy (non-hydrogen) atoms. The summed E-state index contributed by atoms with van der Waals surface area (Å²) in [6.07, 6.45) is -2.50. The predicted molar refractivity (Wildman–Crippen MR) is 84.3 cm³/mol. The van der Waals surface area contributed by atoms with Crippen molar-refractivity contribution in [3.05, 3.63) is 65.2 Å². The normalized spacial score (nSPS) is 22.6. The Morgan fingerprint density at radius 1 is 1.00 bits per heavy atom. The molecule has 1 aliphatic carbocycles. The Balaban J connectivity index is 1.90. The van der Waals surface area contributed by atoms with E-state index in [0.29, 0.717) is 0 Å². The van der Waals surface area contributed by atoms with Gasteiger partial charge in [0.15, 0.2) is 0 Å². The van der Waals surface area contributed by atoms with Crippen LogP contribution >= 0.6 is 23.2 Å². The summed E-state index contributed by atoms with van der Waals surface area (Å²) in [5.74, 6) is 0.438. The van der Waals surface area contributed by atoms with Crippen molar-refractivity contribution in [3.8, 4) is 5.75 Å². The van der Waals surface area contributed by atoms with Crippen LogP contribution in [0.3, 0.4) is 0 Å². The molecular formula is C17H14Cl2F2O. The molecule has 0 spiro atoms. The first-order valence-electron chi connectivity index (χ1n) is 6.85. The predicted octanol–water partition coefficient (Wildman–Crippen LogP) is 5.69. The van der Waals surface area contributed by atoms with Gasteiger partial charge in [-0.05, 0) is 29.3 Å². The molecule has 2 atom stereocenters. The highest BCUT2D eigenvalue weighted by molar-refractivity contribution is 6.52. The molecule has 0 N–H and O–H groups in total. The Labute approximate surface area is 137 Å². The number of hydrogen-bond donors (Lipinski definition) is 0. The standard InChI is InChI=1S/C17H14Cl2F2O/c1-22-13-7-5-10(6-8-13)14-15(17(14,18)19)11-3-2-4-12(9-11)16(20)21/h2-9,14-16H,1H3/t14-,15-/m1/s1. The van der Waals surface area contributed by atoms with Crippen LogP contribution < -0.4 is 4.74 Å². The number of halogens is 4. The highest BCUT2D eigenvalue weighted by Gasteiger charge is 2.64. The fraction of sp³-hybridized carbons (Fsp3) is 0.294. The average molecular weight is 343 g/mol. The zero-order chi connectivity index (χ0) is 15.9. The topological polar surface area (TPSA) is 9.23 Å². The lowest BCUT2D eigenvalue weighted by Crippen LogP contribution is -1.92. The maximum Gasteiger partial charge on any atom is 0.263 e. The van der Waals surface area contributed by atoms with Crippen LogP contribution in [0.15, 0.2) is 48.5 Å². The molecule has 0 unspecified atom stereocenters. The number of methoxy groups -OCH3 is 1. The molecule has 0 amide bonds. The third-order valence-electron chi connectivity index (χ3n) is 4.05. The van der Waals surface area contributed by atoms with Crippen molar-refractivity contribution in [1.29, 1.82) is 0 Å². The van der Waals surface area contributed by atoms with E-state index >= 15 is 0 Å². The Kier molecular flexibility index (Phi) is 4.04. The molecule has 2 aromatic rings. The van der Waals surface area contributed by atoms with Gasteiger partial charge in [-0.25, -0.2) is 8.78 Å². The van der Waals surface area contributed by atoms with Gasteiger partial charge in [0.1, 0.15) is 10.1 Å². The maximum atomic E-state index is 12.8. The summed E-state index contributed by atoms with van der Waals surface area (Å²) in [5, 5.41) is 0. The third kappa shape index (κ3) is 2.68. The van der Waals surface area contributed by atoms with Gasteiger partial charge in [0, 0.05) is 17.4 Å². The maximum absolute atomic E-state index is 12.8. The van der Waals surface area contributed by atoms with Crippen molar-refractivity contribution in [3.63, 3.8) is 0 Å². The SMILES string of the molecule is COc1ccc([C@@H]2[C@@H](c3cccc(C(F)F)c3)C2(Cl)Cl)cc1. The molecular weight excluding hydrogens is 329 g/mol. The molecule has 1 fully saturated rings. The second-order valence-electron chi connectivity index (χ2n) is 5.37. The molecule has 2 aromatic carbocycles. The van der Waals surface area contributed by atoms with E-state index in [9.17, 15) is 8.78 Å². The molecule has 0 bridgehead atoms. The van der Waals surface area contributed by atoms with Gasteiger partial charge in [-0.15, -0.1) is 23.2 Å². The third-order valence-corrected chi connectivity index (χ3v) is 4.99. The zero-order valence-electron chi connectivity index (χ0n) is 11.8. The lowest BCUT2D eigenvalue weighted by molar-refractivity contribution is 0.151. The number of rotatable bonds is 4. The zero-order valence-corrected chi connectivity index (χ0v) is 13.3. The van der Waals surface area contributed by atoms with Crippen LogP contribution in [0.4, 0.5) is 8.78 Å². The highest BCUT2D eigenvalue weighted by atomic mass is 35.5. The largest absolute Gasteiger partial charge is 0.497 e. The van der Waals surface area contributed by atoms with Gasteiger partial charge < -0.3 is 4.74 Å². The smallest absolute Gasteiger partial charge is 0.263 e. The number of alkyl halides is 4. The van der Waals surface area contributed by atoms with Gasteiger partial charge in [0.2, 0.25) is 0 Å². The van der Waals surface area contributed by atoms with E-state index in [0.717, 1.165) is 16.9 Å². The van der Waals surface area contributed by atoms with E-state index in [1.165, 1.54) is 12.1 Å². The van der Waals surface area contributed by atoms with Crippen molar-refractivity contribution in [2.24, 2.45) is 0 Å². The lowest BCUT2D eigenvalue weighted by atomic mass is 10.0. The van der Waals surface area contributed by atoms with Crippen LogP contribution in [0, 0.1) is 0 Å². The quantitative estimate of drug-likeness (QED) is 0.648. The molecule has 3 rings (SSSR count). The summed E-state index contributed by atoms with van der Waals surface area (Å²) in [7, 11) is 1.60. The number of benzene rings is 2. The summed E-state index contributed by atoms with van der Waals surface area (Å²) in [4.78, 5) is 0. The minimum absolute atomic E-state index is 0.0120. The molecule has 1 saturated carbocycles. The van der Waals surface area contributed by atoms with E-state index in [-0.39, 0.29) is 17.4 Å². The van der Waals surface area contributed by atoms with Crippen LogP contribution in [-0.2, 0) is 0 Å². The van der Waals surface area contributed by atoms with Crippen molar-refractivity contribution in [1.82, 2.24) is 0 Å². The lowest BCUT2D eigenvalue weighted by Gasteiger charge is -2.05. The van der Waals surface area contributed by atoms with E-state index in [4.69, 9.17) is 27.9 Å². The van der Waals surface area contributed by atoms with Gasteiger partial charge in [-0.2, -0.15) is 0 Å².